The maximum atomic E-state index is 12.6. The first-order valence-electron chi connectivity index (χ1n) is 9.10. The quantitative estimate of drug-likeness (QED) is 0.903. The fourth-order valence-corrected chi connectivity index (χ4v) is 3.65. The Kier molecular flexibility index (Phi) is 5.43. The molecule has 1 saturated carbocycles. The standard InChI is InChI=1S/C18H28N4O2/c1-20-11-8-15(14-20)17(23)21-9-5-10-22(13-12-21)18(24)19-16-6-3-2-4-7-16/h8,11,14,16H,2-7,9-10,12-13H2,1H3,(H,19,24). The summed E-state index contributed by atoms with van der Waals surface area (Å²) in [4.78, 5) is 28.8. The Morgan fingerprint density at radius 1 is 1.00 bits per heavy atom. The number of nitrogens with one attached hydrogen (secondary N) is 1. The molecule has 1 aliphatic heterocycles. The lowest BCUT2D eigenvalue weighted by molar-refractivity contribution is 0.0762. The average molecular weight is 332 g/mol. The molecular weight excluding hydrogens is 304 g/mol. The van der Waals surface area contributed by atoms with Gasteiger partial charge in [0.1, 0.15) is 0 Å². The third-order valence-electron chi connectivity index (χ3n) is 5.08. The molecule has 3 amide bonds. The number of aromatic nitrogens is 1. The summed E-state index contributed by atoms with van der Waals surface area (Å²) in [6.07, 6.45) is 10.5. The first-order chi connectivity index (χ1) is 11.6. The largest absolute Gasteiger partial charge is 0.356 e. The Balaban J connectivity index is 1.52. The van der Waals surface area contributed by atoms with Crippen LogP contribution in [0.5, 0.6) is 0 Å². The van der Waals surface area contributed by atoms with Crippen LogP contribution in [-0.2, 0) is 7.05 Å². The van der Waals surface area contributed by atoms with Gasteiger partial charge in [-0.2, -0.15) is 0 Å². The summed E-state index contributed by atoms with van der Waals surface area (Å²) in [7, 11) is 1.91. The van der Waals surface area contributed by atoms with Gasteiger partial charge in [-0.3, -0.25) is 4.79 Å². The van der Waals surface area contributed by atoms with Crippen molar-refractivity contribution in [3.05, 3.63) is 24.0 Å². The van der Waals surface area contributed by atoms with Gasteiger partial charge >= 0.3 is 6.03 Å². The number of rotatable bonds is 2. The van der Waals surface area contributed by atoms with Crippen molar-refractivity contribution in [3.63, 3.8) is 0 Å². The zero-order chi connectivity index (χ0) is 16.9. The maximum absolute atomic E-state index is 12.6. The number of hydrogen-bond acceptors (Lipinski definition) is 2. The van der Waals surface area contributed by atoms with Crippen LogP contribution >= 0.6 is 0 Å². The van der Waals surface area contributed by atoms with Crippen molar-refractivity contribution in [2.24, 2.45) is 7.05 Å². The number of urea groups is 1. The van der Waals surface area contributed by atoms with Crippen LogP contribution in [0.3, 0.4) is 0 Å². The minimum atomic E-state index is 0.0379. The number of nitrogens with zero attached hydrogens (tertiary/aromatic N) is 3. The molecule has 0 bridgehead atoms. The van der Waals surface area contributed by atoms with Gasteiger partial charge in [0.25, 0.3) is 5.91 Å². The van der Waals surface area contributed by atoms with Gasteiger partial charge < -0.3 is 19.7 Å². The van der Waals surface area contributed by atoms with E-state index in [9.17, 15) is 9.59 Å². The van der Waals surface area contributed by atoms with E-state index in [1.54, 1.807) is 0 Å². The highest BCUT2D eigenvalue weighted by Gasteiger charge is 2.24. The highest BCUT2D eigenvalue weighted by atomic mass is 16.2. The molecular formula is C18H28N4O2. The number of hydrogen-bond donors (Lipinski definition) is 1. The van der Waals surface area contributed by atoms with Gasteiger partial charge in [-0.05, 0) is 25.3 Å². The number of carbonyl (C=O) groups excluding carboxylic acids is 2. The predicted molar refractivity (Wildman–Crippen MR) is 92.9 cm³/mol. The summed E-state index contributed by atoms with van der Waals surface area (Å²) in [6, 6.07) is 2.22. The second-order valence-electron chi connectivity index (χ2n) is 6.98. The zero-order valence-electron chi connectivity index (χ0n) is 14.5. The molecule has 1 aromatic heterocycles. The summed E-state index contributed by atoms with van der Waals surface area (Å²) in [5.41, 5.74) is 0.720. The van der Waals surface area contributed by atoms with Gasteiger partial charge in [0.15, 0.2) is 0 Å². The fraction of sp³-hybridized carbons (Fsp3) is 0.667. The Hall–Kier alpha value is -1.98. The Labute approximate surface area is 143 Å². The van der Waals surface area contributed by atoms with Crippen molar-refractivity contribution in [2.45, 2.75) is 44.6 Å². The maximum Gasteiger partial charge on any atom is 0.317 e. The number of aryl methyl sites for hydroxylation is 1. The van der Waals surface area contributed by atoms with Crippen LogP contribution in [0.1, 0.15) is 48.9 Å². The van der Waals surface area contributed by atoms with Gasteiger partial charge in [0.05, 0.1) is 5.56 Å². The molecule has 1 aliphatic carbocycles. The van der Waals surface area contributed by atoms with E-state index < -0.39 is 0 Å². The molecule has 132 valence electrons. The molecule has 0 spiro atoms. The lowest BCUT2D eigenvalue weighted by Gasteiger charge is -2.27. The molecule has 3 rings (SSSR count). The Morgan fingerprint density at radius 3 is 2.42 bits per heavy atom. The summed E-state index contributed by atoms with van der Waals surface area (Å²) >= 11 is 0. The second kappa shape index (κ2) is 7.73. The van der Waals surface area contributed by atoms with E-state index in [2.05, 4.69) is 5.32 Å². The van der Waals surface area contributed by atoms with Gasteiger partial charge in [-0.25, -0.2) is 4.79 Å². The van der Waals surface area contributed by atoms with Crippen molar-refractivity contribution in [2.75, 3.05) is 26.2 Å². The monoisotopic (exact) mass is 332 g/mol. The molecule has 1 N–H and O–H groups in total. The average Bonchev–Trinajstić information content (AvgIpc) is 2.87. The highest BCUT2D eigenvalue weighted by molar-refractivity contribution is 5.94. The smallest absolute Gasteiger partial charge is 0.317 e. The Bertz CT molecular complexity index is 577. The normalized spacial score (nSPS) is 19.9. The topological polar surface area (TPSA) is 57.6 Å². The van der Waals surface area contributed by atoms with E-state index in [-0.39, 0.29) is 11.9 Å². The van der Waals surface area contributed by atoms with Crippen molar-refractivity contribution in [1.82, 2.24) is 19.7 Å². The lowest BCUT2D eigenvalue weighted by Crippen LogP contribution is -2.46. The summed E-state index contributed by atoms with van der Waals surface area (Å²) < 4.78 is 1.88. The van der Waals surface area contributed by atoms with Gasteiger partial charge in [-0.15, -0.1) is 0 Å². The van der Waals surface area contributed by atoms with Crippen LogP contribution in [0.2, 0.25) is 0 Å². The molecule has 0 unspecified atom stereocenters. The van der Waals surface area contributed by atoms with E-state index in [4.69, 9.17) is 0 Å². The summed E-state index contributed by atoms with van der Waals surface area (Å²) in [5, 5.41) is 3.18. The summed E-state index contributed by atoms with van der Waals surface area (Å²) in [6.45, 7) is 2.64. The number of carbonyl (C=O) groups is 2. The molecule has 0 radical (unpaired) electrons. The molecule has 2 heterocycles. The van der Waals surface area contributed by atoms with Crippen LogP contribution in [0.4, 0.5) is 4.79 Å². The van der Waals surface area contributed by atoms with Crippen LogP contribution in [0.25, 0.3) is 0 Å². The molecule has 6 heteroatoms. The van der Waals surface area contributed by atoms with Crippen molar-refractivity contribution >= 4 is 11.9 Å². The molecule has 24 heavy (non-hydrogen) atoms. The van der Waals surface area contributed by atoms with Crippen LogP contribution in [0, 0.1) is 0 Å². The fourth-order valence-electron chi connectivity index (χ4n) is 3.65. The van der Waals surface area contributed by atoms with Gasteiger partial charge in [0, 0.05) is 51.7 Å². The molecule has 0 aromatic carbocycles. The third-order valence-corrected chi connectivity index (χ3v) is 5.08. The minimum Gasteiger partial charge on any atom is -0.356 e. The molecule has 1 saturated heterocycles. The van der Waals surface area contributed by atoms with E-state index in [1.807, 2.05) is 39.9 Å². The van der Waals surface area contributed by atoms with Crippen LogP contribution in [0.15, 0.2) is 18.5 Å². The molecule has 2 aliphatic rings. The SMILES string of the molecule is Cn1ccc(C(=O)N2CCCN(C(=O)NC3CCCCC3)CC2)c1. The van der Waals surface area contributed by atoms with Crippen molar-refractivity contribution in [3.8, 4) is 0 Å². The van der Waals surface area contributed by atoms with Crippen molar-refractivity contribution in [1.29, 1.82) is 0 Å². The molecule has 2 fully saturated rings. The Morgan fingerprint density at radius 2 is 1.71 bits per heavy atom. The van der Waals surface area contributed by atoms with Crippen molar-refractivity contribution < 1.29 is 9.59 Å². The van der Waals surface area contributed by atoms with E-state index in [1.165, 1.54) is 19.3 Å². The predicted octanol–water partition coefficient (Wildman–Crippen LogP) is 2.22. The van der Waals surface area contributed by atoms with Gasteiger partial charge in [-0.1, -0.05) is 19.3 Å². The van der Waals surface area contributed by atoms with Gasteiger partial charge in [0.2, 0.25) is 0 Å². The summed E-state index contributed by atoms with van der Waals surface area (Å²) in [5.74, 6) is 0.0603. The third kappa shape index (κ3) is 4.10. The van der Waals surface area contributed by atoms with E-state index >= 15 is 0 Å². The highest BCUT2D eigenvalue weighted by Crippen LogP contribution is 2.18. The van der Waals surface area contributed by atoms with E-state index in [0.717, 1.165) is 31.4 Å². The molecule has 6 nitrogen and oxygen atoms in total. The van der Waals surface area contributed by atoms with Crippen LogP contribution < -0.4 is 5.32 Å². The van der Waals surface area contributed by atoms with E-state index in [0.29, 0.717) is 25.7 Å². The second-order valence-corrected chi connectivity index (χ2v) is 6.98. The zero-order valence-corrected chi connectivity index (χ0v) is 14.5. The lowest BCUT2D eigenvalue weighted by atomic mass is 9.96. The first-order valence-corrected chi connectivity index (χ1v) is 9.10. The number of amides is 3. The first kappa shape index (κ1) is 16.9. The van der Waals surface area contributed by atoms with Crippen LogP contribution in [-0.4, -0.2) is 58.5 Å². The minimum absolute atomic E-state index is 0.0379. The molecule has 0 atom stereocenters. The molecule has 1 aromatic rings.